The monoisotopic (exact) mass is 436 g/mol. The van der Waals surface area contributed by atoms with Crippen molar-refractivity contribution >= 4 is 17.7 Å². The second kappa shape index (κ2) is 8.51. The normalized spacial score (nSPS) is 13.7. The summed E-state index contributed by atoms with van der Waals surface area (Å²) in [6, 6.07) is 7.79. The van der Waals surface area contributed by atoms with Gasteiger partial charge in [-0.15, -0.1) is 0 Å². The largest absolute Gasteiger partial charge is 0.464 e. The molecule has 0 aliphatic rings. The fourth-order valence-corrected chi connectivity index (χ4v) is 2.27. The summed E-state index contributed by atoms with van der Waals surface area (Å²) in [5.74, 6) is -2.43. The quantitative estimate of drug-likeness (QED) is 0.416. The van der Waals surface area contributed by atoms with Crippen LogP contribution in [0.25, 0.3) is 0 Å². The van der Waals surface area contributed by atoms with E-state index in [9.17, 15) is 35.9 Å². The fourth-order valence-electron chi connectivity index (χ4n) is 2.27. The Hall–Kier alpha value is -3.44. The highest BCUT2D eigenvalue weighted by atomic mass is 19.4. The lowest BCUT2D eigenvalue weighted by Gasteiger charge is -2.33. The molecule has 2 rings (SSSR count). The Bertz CT molecular complexity index is 902. The zero-order valence-corrected chi connectivity index (χ0v) is 15.1. The summed E-state index contributed by atoms with van der Waals surface area (Å²) >= 11 is 0. The van der Waals surface area contributed by atoms with Crippen LogP contribution in [0.15, 0.2) is 54.6 Å². The predicted octanol–water partition coefficient (Wildman–Crippen LogP) is 4.34. The van der Waals surface area contributed by atoms with Crippen LogP contribution in [0.4, 0.5) is 36.8 Å². The number of halogens is 6. The van der Waals surface area contributed by atoms with E-state index >= 15 is 0 Å². The Labute approximate surface area is 165 Å². The van der Waals surface area contributed by atoms with E-state index in [2.05, 4.69) is 4.74 Å². The minimum Gasteiger partial charge on any atom is -0.464 e. The lowest BCUT2D eigenvalue weighted by Crippen LogP contribution is -2.68. The maximum Gasteiger partial charge on any atom is 0.460 e. The van der Waals surface area contributed by atoms with Crippen LogP contribution >= 0.6 is 0 Å². The lowest BCUT2D eigenvalue weighted by atomic mass is 10.2. The van der Waals surface area contributed by atoms with Crippen molar-refractivity contribution in [2.75, 3.05) is 12.4 Å². The highest BCUT2D eigenvalue weighted by Crippen LogP contribution is 2.35. The Morgan fingerprint density at radius 2 is 1.53 bits per heavy atom. The van der Waals surface area contributed by atoms with Crippen molar-refractivity contribution in [1.82, 2.24) is 5.32 Å². The van der Waals surface area contributed by atoms with Gasteiger partial charge in [0.1, 0.15) is 5.75 Å². The average Bonchev–Trinajstić information content (AvgIpc) is 2.66. The molecule has 0 saturated carbocycles. The topological polar surface area (TPSA) is 76.7 Å². The minimum atomic E-state index is -5.50. The van der Waals surface area contributed by atoms with Gasteiger partial charge in [-0.1, -0.05) is 24.3 Å². The van der Waals surface area contributed by atoms with E-state index in [0.717, 1.165) is 24.3 Å². The summed E-state index contributed by atoms with van der Waals surface area (Å²) in [6.45, 7) is 0. The molecule has 0 heterocycles. The summed E-state index contributed by atoms with van der Waals surface area (Å²) in [4.78, 5) is 24.2. The molecule has 0 saturated heterocycles. The van der Waals surface area contributed by atoms with E-state index in [1.165, 1.54) is 23.5 Å². The Kier molecular flexibility index (Phi) is 6.48. The smallest absolute Gasteiger partial charge is 0.460 e. The molecule has 6 nitrogen and oxygen atoms in total. The Morgan fingerprint density at radius 3 is 2.07 bits per heavy atom. The molecule has 0 aliphatic carbocycles. The molecule has 0 fully saturated rings. The second-order valence-corrected chi connectivity index (χ2v) is 5.74. The summed E-state index contributed by atoms with van der Waals surface area (Å²) in [5, 5.41) is 3.13. The number of nitrogens with one attached hydrogen (secondary N) is 2. The molecule has 162 valence electrons. The number of carbonyl (C=O) groups is 2. The average molecular weight is 436 g/mol. The molecule has 2 aromatic carbocycles. The van der Waals surface area contributed by atoms with Gasteiger partial charge in [-0.05, 0) is 30.3 Å². The number of ether oxygens (including phenoxy) is 2. The zero-order valence-electron chi connectivity index (χ0n) is 15.1. The number of methoxy groups -OCH3 is 1. The molecular weight excluding hydrogens is 422 g/mol. The standard InChI is InChI=1S/C18H14F6N2O4/c1-29-14(27)16(18(22,23)24,30-13-8-3-2-4-9-13)26-15(28)25-12-7-5-6-11(10-12)17(19,20)21/h2-10H,1H3,(H2,25,26,28). The van der Waals surface area contributed by atoms with Crippen molar-refractivity contribution < 1.29 is 45.4 Å². The molecule has 2 aromatic rings. The van der Waals surface area contributed by atoms with Crippen molar-refractivity contribution in [3.63, 3.8) is 0 Å². The van der Waals surface area contributed by atoms with Gasteiger partial charge in [0.25, 0.3) is 0 Å². The van der Waals surface area contributed by atoms with Crippen molar-refractivity contribution in [3.8, 4) is 5.75 Å². The first-order valence-corrected chi connectivity index (χ1v) is 8.04. The third-order valence-electron chi connectivity index (χ3n) is 3.62. The number of carbonyl (C=O) groups excluding carboxylic acids is 2. The van der Waals surface area contributed by atoms with E-state index in [1.54, 1.807) is 0 Å². The number of rotatable bonds is 5. The summed E-state index contributed by atoms with van der Waals surface area (Å²) in [7, 11) is 0.642. The third-order valence-corrected chi connectivity index (χ3v) is 3.62. The number of anilines is 1. The molecule has 12 heteroatoms. The van der Waals surface area contributed by atoms with Gasteiger partial charge in [0.15, 0.2) is 0 Å². The van der Waals surface area contributed by atoms with Crippen LogP contribution in [0.5, 0.6) is 5.75 Å². The molecule has 30 heavy (non-hydrogen) atoms. The van der Waals surface area contributed by atoms with Crippen LogP contribution in [0.1, 0.15) is 5.56 Å². The summed E-state index contributed by atoms with van der Waals surface area (Å²) in [6.07, 6.45) is -10.2. The molecule has 1 unspecified atom stereocenters. The highest BCUT2D eigenvalue weighted by molar-refractivity contribution is 5.94. The van der Waals surface area contributed by atoms with E-state index in [4.69, 9.17) is 4.74 Å². The first kappa shape index (κ1) is 22.8. The Balaban J connectivity index is 2.36. The predicted molar refractivity (Wildman–Crippen MR) is 91.5 cm³/mol. The van der Waals surface area contributed by atoms with Crippen LogP contribution in [0.2, 0.25) is 0 Å². The number of para-hydroxylation sites is 1. The number of alkyl halides is 6. The fraction of sp³-hybridized carbons (Fsp3) is 0.222. The Morgan fingerprint density at radius 1 is 0.900 bits per heavy atom. The maximum atomic E-state index is 13.8. The first-order valence-electron chi connectivity index (χ1n) is 8.04. The molecule has 2 N–H and O–H groups in total. The van der Waals surface area contributed by atoms with Crippen molar-refractivity contribution in [2.24, 2.45) is 0 Å². The number of benzene rings is 2. The van der Waals surface area contributed by atoms with Gasteiger partial charge < -0.3 is 14.8 Å². The lowest BCUT2D eigenvalue weighted by molar-refractivity contribution is -0.258. The van der Waals surface area contributed by atoms with Crippen LogP contribution < -0.4 is 15.4 Å². The maximum absolute atomic E-state index is 13.8. The molecule has 0 spiro atoms. The summed E-state index contributed by atoms with van der Waals surface area (Å²) in [5.41, 5.74) is -5.58. The molecule has 0 aromatic heterocycles. The van der Waals surface area contributed by atoms with Gasteiger partial charge >= 0.3 is 30.1 Å². The molecule has 0 radical (unpaired) electrons. The van der Waals surface area contributed by atoms with Gasteiger partial charge in [-0.2, -0.15) is 26.3 Å². The number of urea groups is 1. The molecule has 0 bridgehead atoms. The second-order valence-electron chi connectivity index (χ2n) is 5.74. The van der Waals surface area contributed by atoms with Crippen molar-refractivity contribution in [1.29, 1.82) is 0 Å². The number of amides is 2. The van der Waals surface area contributed by atoms with Gasteiger partial charge in [0.2, 0.25) is 0 Å². The highest BCUT2D eigenvalue weighted by Gasteiger charge is 2.66. The number of esters is 1. The molecule has 0 aliphatic heterocycles. The van der Waals surface area contributed by atoms with Gasteiger partial charge in [-0.3, -0.25) is 5.32 Å². The van der Waals surface area contributed by atoms with Gasteiger partial charge in [0.05, 0.1) is 12.7 Å². The SMILES string of the molecule is COC(=O)C(NC(=O)Nc1cccc(C(F)(F)F)c1)(Oc1ccccc1)C(F)(F)F. The van der Waals surface area contributed by atoms with E-state index in [-0.39, 0.29) is 0 Å². The van der Waals surface area contributed by atoms with Crippen molar-refractivity contribution in [3.05, 3.63) is 60.2 Å². The van der Waals surface area contributed by atoms with Crippen LogP contribution in [0, 0.1) is 0 Å². The number of hydrogen-bond acceptors (Lipinski definition) is 4. The van der Waals surface area contributed by atoms with Gasteiger partial charge in [-0.25, -0.2) is 9.59 Å². The van der Waals surface area contributed by atoms with Gasteiger partial charge in [0, 0.05) is 5.69 Å². The first-order chi connectivity index (χ1) is 13.9. The summed E-state index contributed by atoms with van der Waals surface area (Å²) < 4.78 is 88.6. The van der Waals surface area contributed by atoms with E-state index in [0.29, 0.717) is 19.2 Å². The zero-order chi connectivity index (χ0) is 22.6. The third kappa shape index (κ3) is 5.13. The number of hydrogen-bond donors (Lipinski definition) is 2. The minimum absolute atomic E-state index is 0.431. The van der Waals surface area contributed by atoms with E-state index in [1.807, 2.05) is 5.32 Å². The molecular formula is C18H14F6N2O4. The van der Waals surface area contributed by atoms with E-state index < -0.39 is 47.1 Å². The molecule has 2 amide bonds. The van der Waals surface area contributed by atoms with Crippen molar-refractivity contribution in [2.45, 2.75) is 18.1 Å². The van der Waals surface area contributed by atoms with Crippen LogP contribution in [-0.2, 0) is 15.7 Å². The van der Waals surface area contributed by atoms with Crippen LogP contribution in [-0.4, -0.2) is 31.0 Å². The molecule has 1 atom stereocenters. The van der Waals surface area contributed by atoms with Crippen LogP contribution in [0.3, 0.4) is 0 Å².